The summed E-state index contributed by atoms with van der Waals surface area (Å²) in [4.78, 5) is 22.9. The number of aromatic nitrogens is 5. The van der Waals surface area contributed by atoms with Gasteiger partial charge in [0.05, 0.1) is 17.9 Å². The second-order valence-corrected chi connectivity index (χ2v) is 8.81. The van der Waals surface area contributed by atoms with Crippen molar-refractivity contribution in [2.24, 2.45) is 0 Å². The lowest BCUT2D eigenvalue weighted by molar-refractivity contribution is -0.144. The third kappa shape index (κ3) is 3.84. The Morgan fingerprint density at radius 3 is 2.80 bits per heavy atom. The van der Waals surface area contributed by atoms with Gasteiger partial charge in [0.15, 0.2) is 11.6 Å². The van der Waals surface area contributed by atoms with Crippen LogP contribution < -0.4 is 10.6 Å². The number of carbonyl (C=O) groups excluding carboxylic acids is 1. The first kappa shape index (κ1) is 21.4. The fraction of sp³-hybridized carbons (Fsp3) is 0.292. The standard InChI is InChI=1S/C24H24N8O3/c1-31-9-6-24(34,22(31)33)20-13-19(30-35-20)16-4-2-3-15(11-16)18-5-7-26-23(27-18)28-21-12-17-14-25-8-10-32(17)29-21/h2-5,7,11-13,25,34H,6,8-10,14H2,1H3,(H,26,27,28,29). The van der Waals surface area contributed by atoms with Crippen molar-refractivity contribution in [3.05, 3.63) is 60.1 Å². The van der Waals surface area contributed by atoms with Gasteiger partial charge in [0.2, 0.25) is 11.5 Å². The molecule has 178 valence electrons. The van der Waals surface area contributed by atoms with Crippen molar-refractivity contribution in [2.45, 2.75) is 25.1 Å². The summed E-state index contributed by atoms with van der Waals surface area (Å²) in [5.41, 5.74) is 2.34. The highest BCUT2D eigenvalue weighted by Crippen LogP contribution is 2.35. The first-order valence-corrected chi connectivity index (χ1v) is 11.4. The molecule has 1 fully saturated rings. The first-order chi connectivity index (χ1) is 17.0. The lowest BCUT2D eigenvalue weighted by Crippen LogP contribution is -2.35. The van der Waals surface area contributed by atoms with Crippen LogP contribution >= 0.6 is 0 Å². The molecule has 1 unspecified atom stereocenters. The van der Waals surface area contributed by atoms with Gasteiger partial charge < -0.3 is 25.2 Å². The van der Waals surface area contributed by atoms with Gasteiger partial charge in [0.1, 0.15) is 5.69 Å². The Kier molecular flexibility index (Phi) is 5.08. The maximum absolute atomic E-state index is 12.4. The molecule has 0 saturated carbocycles. The van der Waals surface area contributed by atoms with Crippen LogP contribution in [-0.4, -0.2) is 61.0 Å². The number of carbonyl (C=O) groups is 1. The van der Waals surface area contributed by atoms with Gasteiger partial charge in [0.25, 0.3) is 5.91 Å². The number of likely N-dealkylation sites (tertiary alicyclic amines) is 1. The number of hydrogen-bond acceptors (Lipinski definition) is 9. The van der Waals surface area contributed by atoms with E-state index in [4.69, 9.17) is 4.52 Å². The molecule has 35 heavy (non-hydrogen) atoms. The molecule has 4 aromatic rings. The summed E-state index contributed by atoms with van der Waals surface area (Å²) in [7, 11) is 1.66. The molecule has 5 heterocycles. The van der Waals surface area contributed by atoms with Crippen LogP contribution in [0.15, 0.2) is 53.2 Å². The topological polar surface area (TPSA) is 134 Å². The van der Waals surface area contributed by atoms with Crippen LogP contribution in [-0.2, 0) is 23.5 Å². The third-order valence-electron chi connectivity index (χ3n) is 6.45. The quantitative estimate of drug-likeness (QED) is 0.398. The molecule has 0 bridgehead atoms. The molecule has 0 radical (unpaired) electrons. The van der Waals surface area contributed by atoms with E-state index in [0.29, 0.717) is 24.0 Å². The Morgan fingerprint density at radius 1 is 1.14 bits per heavy atom. The number of anilines is 2. The second-order valence-electron chi connectivity index (χ2n) is 8.81. The molecule has 6 rings (SSSR count). The lowest BCUT2D eigenvalue weighted by atomic mass is 9.98. The number of nitrogens with zero attached hydrogens (tertiary/aromatic N) is 6. The minimum Gasteiger partial charge on any atom is -0.373 e. The molecule has 2 aliphatic heterocycles. The number of aliphatic hydroxyl groups is 1. The van der Waals surface area contributed by atoms with Gasteiger partial charge in [-0.25, -0.2) is 9.97 Å². The van der Waals surface area contributed by atoms with Gasteiger partial charge in [0, 0.05) is 62.6 Å². The molecule has 0 spiro atoms. The van der Waals surface area contributed by atoms with Crippen molar-refractivity contribution in [2.75, 3.05) is 25.5 Å². The van der Waals surface area contributed by atoms with E-state index in [0.717, 1.165) is 42.1 Å². The molecule has 1 atom stereocenters. The molecule has 1 aromatic carbocycles. The highest BCUT2D eigenvalue weighted by atomic mass is 16.5. The van der Waals surface area contributed by atoms with E-state index in [2.05, 4.69) is 30.9 Å². The number of likely N-dealkylation sites (N-methyl/N-ethyl adjacent to an activating group) is 1. The average molecular weight is 473 g/mol. The van der Waals surface area contributed by atoms with Gasteiger partial charge in [-0.1, -0.05) is 23.4 Å². The minimum atomic E-state index is -1.67. The molecule has 3 aromatic heterocycles. The van der Waals surface area contributed by atoms with E-state index in [1.807, 2.05) is 41.1 Å². The fourth-order valence-electron chi connectivity index (χ4n) is 4.47. The van der Waals surface area contributed by atoms with Crippen LogP contribution in [0, 0.1) is 0 Å². The van der Waals surface area contributed by atoms with Crippen LogP contribution in [0.2, 0.25) is 0 Å². The molecule has 11 nitrogen and oxygen atoms in total. The maximum Gasteiger partial charge on any atom is 0.262 e. The number of rotatable bonds is 5. The van der Waals surface area contributed by atoms with Crippen molar-refractivity contribution < 1.29 is 14.4 Å². The van der Waals surface area contributed by atoms with Crippen molar-refractivity contribution in [3.63, 3.8) is 0 Å². The van der Waals surface area contributed by atoms with Crippen molar-refractivity contribution in [1.29, 1.82) is 0 Å². The minimum absolute atomic E-state index is 0.152. The number of amides is 1. The van der Waals surface area contributed by atoms with E-state index in [9.17, 15) is 9.90 Å². The van der Waals surface area contributed by atoms with Gasteiger partial charge in [-0.05, 0) is 12.1 Å². The van der Waals surface area contributed by atoms with E-state index in [-0.39, 0.29) is 18.1 Å². The number of benzene rings is 1. The molecular weight excluding hydrogens is 448 g/mol. The number of hydrogen-bond donors (Lipinski definition) is 3. The van der Waals surface area contributed by atoms with Crippen molar-refractivity contribution in [1.82, 2.24) is 35.1 Å². The summed E-state index contributed by atoms with van der Waals surface area (Å²) in [6, 6.07) is 13.1. The van der Waals surface area contributed by atoms with Crippen LogP contribution in [0.25, 0.3) is 22.5 Å². The maximum atomic E-state index is 12.4. The van der Waals surface area contributed by atoms with Gasteiger partial charge in [-0.2, -0.15) is 5.10 Å². The second kappa shape index (κ2) is 8.29. The lowest BCUT2D eigenvalue weighted by Gasteiger charge is -2.16. The molecule has 1 amide bonds. The Bertz CT molecular complexity index is 1390. The molecule has 2 aliphatic rings. The monoisotopic (exact) mass is 472 g/mol. The summed E-state index contributed by atoms with van der Waals surface area (Å²) in [6.07, 6.45) is 1.96. The summed E-state index contributed by atoms with van der Waals surface area (Å²) in [6.45, 7) is 2.98. The van der Waals surface area contributed by atoms with E-state index in [1.54, 1.807) is 19.3 Å². The fourth-order valence-corrected chi connectivity index (χ4v) is 4.47. The van der Waals surface area contributed by atoms with Gasteiger partial charge in [-0.15, -0.1) is 0 Å². The zero-order chi connectivity index (χ0) is 24.0. The zero-order valence-electron chi connectivity index (χ0n) is 19.1. The van der Waals surface area contributed by atoms with Crippen LogP contribution in [0.1, 0.15) is 17.9 Å². The van der Waals surface area contributed by atoms with Gasteiger partial charge >= 0.3 is 0 Å². The molecule has 11 heteroatoms. The summed E-state index contributed by atoms with van der Waals surface area (Å²) in [5, 5.41) is 26.0. The Morgan fingerprint density at radius 2 is 2.00 bits per heavy atom. The number of nitrogens with one attached hydrogen (secondary N) is 2. The Hall–Kier alpha value is -4.09. The number of fused-ring (bicyclic) bond motifs is 1. The highest BCUT2D eigenvalue weighted by Gasteiger charge is 2.48. The summed E-state index contributed by atoms with van der Waals surface area (Å²) < 4.78 is 7.37. The van der Waals surface area contributed by atoms with Crippen LogP contribution in [0.3, 0.4) is 0 Å². The van der Waals surface area contributed by atoms with E-state index < -0.39 is 5.60 Å². The largest absolute Gasteiger partial charge is 0.373 e. The summed E-state index contributed by atoms with van der Waals surface area (Å²) in [5.74, 6) is 0.921. The van der Waals surface area contributed by atoms with E-state index in [1.165, 1.54) is 4.90 Å². The van der Waals surface area contributed by atoms with Crippen molar-refractivity contribution >= 4 is 17.7 Å². The SMILES string of the molecule is CN1CCC(O)(c2cc(-c3cccc(-c4ccnc(Nc5cc6n(n5)CCNC6)n4)c3)no2)C1=O. The highest BCUT2D eigenvalue weighted by molar-refractivity contribution is 5.87. The zero-order valence-corrected chi connectivity index (χ0v) is 19.1. The van der Waals surface area contributed by atoms with Crippen LogP contribution in [0.5, 0.6) is 0 Å². The normalized spacial score (nSPS) is 19.7. The van der Waals surface area contributed by atoms with Gasteiger partial charge in [-0.3, -0.25) is 9.48 Å². The summed E-state index contributed by atoms with van der Waals surface area (Å²) >= 11 is 0. The molecular formula is C24H24N8O3. The van der Waals surface area contributed by atoms with E-state index >= 15 is 0 Å². The third-order valence-corrected chi connectivity index (χ3v) is 6.45. The first-order valence-electron chi connectivity index (χ1n) is 11.4. The predicted molar refractivity (Wildman–Crippen MR) is 126 cm³/mol. The smallest absolute Gasteiger partial charge is 0.262 e. The van der Waals surface area contributed by atoms with Crippen molar-refractivity contribution in [3.8, 4) is 22.5 Å². The Labute approximate surface area is 200 Å². The molecule has 1 saturated heterocycles. The van der Waals surface area contributed by atoms with Crippen LogP contribution in [0.4, 0.5) is 11.8 Å². The average Bonchev–Trinajstić information content (AvgIpc) is 3.60. The molecule has 3 N–H and O–H groups in total. The Balaban J connectivity index is 1.25. The molecule has 0 aliphatic carbocycles. The predicted octanol–water partition coefficient (Wildman–Crippen LogP) is 1.89.